The van der Waals surface area contributed by atoms with Gasteiger partial charge in [-0.1, -0.05) is 25.1 Å². The fourth-order valence-corrected chi connectivity index (χ4v) is 3.02. The Hall–Kier alpha value is -1.46. The number of H-pyrrole nitrogens is 1. The summed E-state index contributed by atoms with van der Waals surface area (Å²) < 4.78 is 16.7. The van der Waals surface area contributed by atoms with E-state index in [1.807, 2.05) is 22.8 Å². The minimum Gasteiger partial charge on any atom is -0.330 e. The lowest BCUT2D eigenvalue weighted by Crippen LogP contribution is -1.99. The number of aromatic nitrogens is 2. The van der Waals surface area contributed by atoms with E-state index < -0.39 is 0 Å². The van der Waals surface area contributed by atoms with Crippen molar-refractivity contribution in [3.05, 3.63) is 57.0 Å². The third-order valence-corrected chi connectivity index (χ3v) is 4.23. The summed E-state index contributed by atoms with van der Waals surface area (Å²) in [5, 5.41) is 0. The zero-order valence-electron chi connectivity index (χ0n) is 10.8. The topological polar surface area (TPSA) is 20.7 Å². The third kappa shape index (κ3) is 2.11. The fourth-order valence-electron chi connectivity index (χ4n) is 2.37. The molecule has 0 fully saturated rings. The van der Waals surface area contributed by atoms with Crippen molar-refractivity contribution in [2.75, 3.05) is 0 Å². The molecule has 102 valence electrons. The minimum atomic E-state index is -0.297. The fraction of sp³-hybridized carbons (Fsp3) is 0.133. The van der Waals surface area contributed by atoms with Gasteiger partial charge >= 0.3 is 0 Å². The summed E-state index contributed by atoms with van der Waals surface area (Å²) in [4.78, 5) is 3.13. The molecule has 0 saturated carbocycles. The maximum Gasteiger partial charge on any atom is 0.182 e. The number of hydrogen-bond acceptors (Lipinski definition) is 1. The Morgan fingerprint density at radius 3 is 2.80 bits per heavy atom. The molecular formula is C15H12BrFN2S. The second-order valence-corrected chi connectivity index (χ2v) is 5.77. The predicted molar refractivity (Wildman–Crippen MR) is 85.5 cm³/mol. The maximum atomic E-state index is 13.8. The van der Waals surface area contributed by atoms with Crippen LogP contribution >= 0.6 is 28.1 Å². The Morgan fingerprint density at radius 1 is 1.30 bits per heavy atom. The Balaban J connectivity index is 2.39. The normalized spacial score (nSPS) is 11.2. The van der Waals surface area contributed by atoms with Crippen molar-refractivity contribution in [1.82, 2.24) is 9.55 Å². The van der Waals surface area contributed by atoms with Crippen LogP contribution in [0.25, 0.3) is 16.7 Å². The van der Waals surface area contributed by atoms with Gasteiger partial charge < -0.3 is 4.98 Å². The van der Waals surface area contributed by atoms with Crippen LogP contribution in [-0.4, -0.2) is 9.55 Å². The Kier molecular flexibility index (Phi) is 3.48. The number of hydrogen-bond donors (Lipinski definition) is 1. The second kappa shape index (κ2) is 5.14. The molecule has 0 atom stereocenters. The lowest BCUT2D eigenvalue weighted by Gasteiger charge is -2.10. The lowest BCUT2D eigenvalue weighted by atomic mass is 10.1. The van der Waals surface area contributed by atoms with Crippen LogP contribution in [0.15, 0.2) is 40.9 Å². The summed E-state index contributed by atoms with van der Waals surface area (Å²) >= 11 is 8.59. The first-order valence-electron chi connectivity index (χ1n) is 6.30. The largest absolute Gasteiger partial charge is 0.330 e. The van der Waals surface area contributed by atoms with Crippen molar-refractivity contribution < 1.29 is 4.39 Å². The van der Waals surface area contributed by atoms with E-state index >= 15 is 0 Å². The quantitative estimate of drug-likeness (QED) is 0.633. The van der Waals surface area contributed by atoms with E-state index in [9.17, 15) is 4.39 Å². The highest BCUT2D eigenvalue weighted by atomic mass is 79.9. The van der Waals surface area contributed by atoms with Crippen LogP contribution in [0.4, 0.5) is 4.39 Å². The van der Waals surface area contributed by atoms with Crippen LogP contribution in [0.5, 0.6) is 0 Å². The van der Waals surface area contributed by atoms with Gasteiger partial charge in [-0.05, 0) is 52.3 Å². The Morgan fingerprint density at radius 2 is 2.05 bits per heavy atom. The summed E-state index contributed by atoms with van der Waals surface area (Å²) in [7, 11) is 0. The average molecular weight is 351 g/mol. The van der Waals surface area contributed by atoms with E-state index in [0.717, 1.165) is 23.1 Å². The van der Waals surface area contributed by atoms with Crippen molar-refractivity contribution in [3.8, 4) is 5.69 Å². The monoisotopic (exact) mass is 350 g/mol. The van der Waals surface area contributed by atoms with Crippen LogP contribution in [0.2, 0.25) is 0 Å². The van der Waals surface area contributed by atoms with Crippen molar-refractivity contribution in [3.63, 3.8) is 0 Å². The van der Waals surface area contributed by atoms with Gasteiger partial charge in [0, 0.05) is 6.07 Å². The zero-order valence-corrected chi connectivity index (χ0v) is 13.2. The van der Waals surface area contributed by atoms with Gasteiger partial charge in [-0.25, -0.2) is 4.39 Å². The number of para-hydroxylation sites is 1. The second-order valence-electron chi connectivity index (χ2n) is 4.53. The molecule has 2 aromatic carbocycles. The number of rotatable bonds is 2. The van der Waals surface area contributed by atoms with Crippen molar-refractivity contribution in [2.24, 2.45) is 0 Å². The summed E-state index contributed by atoms with van der Waals surface area (Å²) in [6.07, 6.45) is 0.892. The summed E-state index contributed by atoms with van der Waals surface area (Å²) in [5.74, 6) is -0.297. The molecule has 2 nitrogen and oxygen atoms in total. The molecular weight excluding hydrogens is 339 g/mol. The molecule has 1 heterocycles. The molecule has 0 aliphatic rings. The van der Waals surface area contributed by atoms with E-state index in [2.05, 4.69) is 33.9 Å². The van der Waals surface area contributed by atoms with E-state index in [4.69, 9.17) is 12.2 Å². The number of aryl methyl sites for hydroxylation is 1. The highest BCUT2D eigenvalue weighted by Crippen LogP contribution is 2.27. The van der Waals surface area contributed by atoms with Gasteiger partial charge in [-0.15, -0.1) is 0 Å². The van der Waals surface area contributed by atoms with E-state index in [1.165, 1.54) is 11.6 Å². The molecule has 0 radical (unpaired) electrons. The number of fused-ring (bicyclic) bond motifs is 1. The standard InChI is InChI=1S/C15H12BrFN2S/c1-2-9-5-3-4-6-13(9)19-14-8-11(17)10(16)7-12(14)18-15(19)20/h3-8H,2H2,1H3,(H,18,20). The molecule has 1 N–H and O–H groups in total. The molecule has 0 saturated heterocycles. The van der Waals surface area contributed by atoms with Gasteiger partial charge in [0.15, 0.2) is 4.77 Å². The number of halogens is 2. The molecule has 3 rings (SSSR count). The molecule has 0 unspecified atom stereocenters. The minimum absolute atomic E-state index is 0.297. The average Bonchev–Trinajstić information content (AvgIpc) is 2.74. The zero-order chi connectivity index (χ0) is 14.3. The molecule has 20 heavy (non-hydrogen) atoms. The molecule has 0 bridgehead atoms. The van der Waals surface area contributed by atoms with Crippen LogP contribution in [-0.2, 0) is 6.42 Å². The van der Waals surface area contributed by atoms with Gasteiger partial charge in [-0.3, -0.25) is 4.57 Å². The number of benzene rings is 2. The summed E-state index contributed by atoms with van der Waals surface area (Å²) in [5.41, 5.74) is 3.73. The van der Waals surface area contributed by atoms with Crippen LogP contribution < -0.4 is 0 Å². The van der Waals surface area contributed by atoms with Gasteiger partial charge in [0.1, 0.15) is 5.82 Å². The Labute approximate surface area is 129 Å². The van der Waals surface area contributed by atoms with E-state index in [1.54, 1.807) is 6.07 Å². The van der Waals surface area contributed by atoms with Crippen LogP contribution in [0.3, 0.4) is 0 Å². The van der Waals surface area contributed by atoms with E-state index in [-0.39, 0.29) is 5.82 Å². The number of imidazole rings is 1. The predicted octanol–water partition coefficient (Wildman–Crippen LogP) is 5.15. The molecule has 3 aromatic rings. The first kappa shape index (κ1) is 13.5. The summed E-state index contributed by atoms with van der Waals surface area (Å²) in [6, 6.07) is 11.2. The van der Waals surface area contributed by atoms with Crippen molar-refractivity contribution >= 4 is 39.2 Å². The van der Waals surface area contributed by atoms with Crippen molar-refractivity contribution in [2.45, 2.75) is 13.3 Å². The highest BCUT2D eigenvalue weighted by Gasteiger charge is 2.12. The van der Waals surface area contributed by atoms with Crippen LogP contribution in [0, 0.1) is 10.6 Å². The molecule has 1 aromatic heterocycles. The highest BCUT2D eigenvalue weighted by molar-refractivity contribution is 9.10. The first-order valence-corrected chi connectivity index (χ1v) is 7.50. The third-order valence-electron chi connectivity index (χ3n) is 3.34. The SMILES string of the molecule is CCc1ccccc1-n1c(=S)[nH]c2cc(Br)c(F)cc21. The lowest BCUT2D eigenvalue weighted by molar-refractivity contribution is 0.622. The molecule has 0 aliphatic heterocycles. The van der Waals surface area contributed by atoms with Crippen molar-refractivity contribution in [1.29, 1.82) is 0 Å². The first-order chi connectivity index (χ1) is 9.61. The van der Waals surface area contributed by atoms with Gasteiger partial charge in [0.05, 0.1) is 21.2 Å². The molecule has 0 aliphatic carbocycles. The molecule has 0 spiro atoms. The number of aromatic amines is 1. The van der Waals surface area contributed by atoms with Crippen LogP contribution in [0.1, 0.15) is 12.5 Å². The van der Waals surface area contributed by atoms with Gasteiger partial charge in [-0.2, -0.15) is 0 Å². The number of nitrogens with zero attached hydrogens (tertiary/aromatic N) is 1. The summed E-state index contributed by atoms with van der Waals surface area (Å²) in [6.45, 7) is 2.09. The smallest absolute Gasteiger partial charge is 0.182 e. The molecule has 0 amide bonds. The van der Waals surface area contributed by atoms with Gasteiger partial charge in [0.2, 0.25) is 0 Å². The Bertz CT molecular complexity index is 851. The van der Waals surface area contributed by atoms with Gasteiger partial charge in [0.25, 0.3) is 0 Å². The van der Waals surface area contributed by atoms with E-state index in [0.29, 0.717) is 9.24 Å². The maximum absolute atomic E-state index is 13.8. The number of nitrogens with one attached hydrogen (secondary N) is 1. The molecule has 5 heteroatoms.